The minimum Gasteiger partial charge on any atom is -0.469 e. The molecule has 1 aromatic heterocycles. The number of nitrogens with one attached hydrogen (secondary N) is 1. The Labute approximate surface area is 87.5 Å². The lowest BCUT2D eigenvalue weighted by molar-refractivity contribution is -0.0826. The average molecular weight is 210 g/mol. The fraction of sp³-hybridized carbons (Fsp3) is 0.556. The zero-order valence-electron chi connectivity index (χ0n) is 8.78. The van der Waals surface area contributed by atoms with Crippen molar-refractivity contribution in [1.29, 1.82) is 5.41 Å². The van der Waals surface area contributed by atoms with Crippen LogP contribution in [0.1, 0.15) is 11.3 Å². The molecule has 1 aliphatic rings. The van der Waals surface area contributed by atoms with E-state index in [0.717, 1.165) is 0 Å². The van der Waals surface area contributed by atoms with Crippen molar-refractivity contribution in [1.82, 2.24) is 9.78 Å². The van der Waals surface area contributed by atoms with Crippen molar-refractivity contribution in [3.63, 3.8) is 0 Å². The minimum atomic E-state index is -0.0177. The number of amidine groups is 1. The second kappa shape index (κ2) is 3.54. The van der Waals surface area contributed by atoms with E-state index in [0.29, 0.717) is 30.4 Å². The van der Waals surface area contributed by atoms with E-state index in [4.69, 9.17) is 20.6 Å². The summed E-state index contributed by atoms with van der Waals surface area (Å²) in [7, 11) is 1.77. The van der Waals surface area contributed by atoms with E-state index in [2.05, 4.69) is 5.10 Å². The molecule has 0 bridgehead atoms. The summed E-state index contributed by atoms with van der Waals surface area (Å²) in [5.41, 5.74) is 6.76. The largest absolute Gasteiger partial charge is 0.469 e. The molecular formula is C9H14N4O2. The molecule has 3 N–H and O–H groups in total. The van der Waals surface area contributed by atoms with Crippen LogP contribution in [0.3, 0.4) is 0 Å². The number of ether oxygens (including phenoxy) is 2. The van der Waals surface area contributed by atoms with Gasteiger partial charge in [-0.2, -0.15) is 5.10 Å². The molecule has 6 nitrogen and oxygen atoms in total. The first kappa shape index (κ1) is 9.97. The topological polar surface area (TPSA) is 86.2 Å². The van der Waals surface area contributed by atoms with Crippen molar-refractivity contribution in [3.05, 3.63) is 11.3 Å². The van der Waals surface area contributed by atoms with Crippen LogP contribution in [0.25, 0.3) is 0 Å². The first-order chi connectivity index (χ1) is 7.09. The molecule has 1 fully saturated rings. The smallest absolute Gasteiger partial charge is 0.223 e. The highest BCUT2D eigenvalue weighted by Gasteiger charge is 2.25. The van der Waals surface area contributed by atoms with Crippen LogP contribution in [-0.4, -0.2) is 34.9 Å². The summed E-state index contributed by atoms with van der Waals surface area (Å²) in [5.74, 6) is 0.532. The average Bonchev–Trinajstić information content (AvgIpc) is 2.33. The first-order valence-corrected chi connectivity index (χ1v) is 4.72. The molecular weight excluding hydrogens is 196 g/mol. The lowest BCUT2D eigenvalue weighted by Crippen LogP contribution is -2.39. The zero-order valence-corrected chi connectivity index (χ0v) is 8.78. The second-order valence-electron chi connectivity index (χ2n) is 3.58. The summed E-state index contributed by atoms with van der Waals surface area (Å²) in [5, 5.41) is 11.6. The molecule has 0 amide bonds. The third kappa shape index (κ3) is 1.68. The molecule has 82 valence electrons. The normalized spacial score (nSPS) is 16.1. The molecule has 0 spiro atoms. The molecule has 0 aromatic carbocycles. The Hall–Kier alpha value is -1.56. The molecule has 0 aliphatic carbocycles. The Morgan fingerprint density at radius 3 is 2.80 bits per heavy atom. The van der Waals surface area contributed by atoms with E-state index in [1.807, 2.05) is 0 Å². The van der Waals surface area contributed by atoms with Gasteiger partial charge in [0.15, 0.2) is 0 Å². The van der Waals surface area contributed by atoms with Crippen LogP contribution in [0.4, 0.5) is 0 Å². The number of rotatable bonds is 3. The number of aromatic nitrogens is 2. The number of nitrogens with zero attached hydrogens (tertiary/aromatic N) is 2. The molecule has 1 aromatic rings. The Bertz CT molecular complexity index is 395. The standard InChI is InChI=1S/C9H14N4O2/c1-5-7(8(10)11)9(13(2)12-5)15-6-3-14-4-6/h6H,3-4H2,1-2H3,(H3,10,11). The molecule has 0 atom stereocenters. The summed E-state index contributed by atoms with van der Waals surface area (Å²) in [4.78, 5) is 0. The predicted molar refractivity (Wildman–Crippen MR) is 54.2 cm³/mol. The first-order valence-electron chi connectivity index (χ1n) is 4.72. The highest BCUT2D eigenvalue weighted by atomic mass is 16.6. The van der Waals surface area contributed by atoms with Gasteiger partial charge in [0.1, 0.15) is 17.5 Å². The molecule has 2 rings (SSSR count). The van der Waals surface area contributed by atoms with Crippen molar-refractivity contribution >= 4 is 5.84 Å². The number of hydrogen-bond acceptors (Lipinski definition) is 4. The van der Waals surface area contributed by atoms with Gasteiger partial charge >= 0.3 is 0 Å². The van der Waals surface area contributed by atoms with Crippen LogP contribution in [0.5, 0.6) is 5.88 Å². The summed E-state index contributed by atoms with van der Waals surface area (Å²) >= 11 is 0. The van der Waals surface area contributed by atoms with Crippen LogP contribution in [0, 0.1) is 12.3 Å². The molecule has 1 saturated heterocycles. The van der Waals surface area contributed by atoms with Gasteiger partial charge < -0.3 is 15.2 Å². The van der Waals surface area contributed by atoms with Gasteiger partial charge in [-0.15, -0.1) is 0 Å². The molecule has 1 aliphatic heterocycles. The maximum absolute atomic E-state index is 7.46. The Balaban J connectivity index is 2.30. The number of hydrogen-bond donors (Lipinski definition) is 2. The van der Waals surface area contributed by atoms with Crippen LogP contribution in [0.2, 0.25) is 0 Å². The zero-order chi connectivity index (χ0) is 11.0. The van der Waals surface area contributed by atoms with E-state index in [1.165, 1.54) is 0 Å². The van der Waals surface area contributed by atoms with Crippen LogP contribution >= 0.6 is 0 Å². The van der Waals surface area contributed by atoms with Crippen molar-refractivity contribution in [3.8, 4) is 5.88 Å². The maximum Gasteiger partial charge on any atom is 0.223 e. The van der Waals surface area contributed by atoms with Gasteiger partial charge in [-0.05, 0) is 6.92 Å². The predicted octanol–water partition coefficient (Wildman–Crippen LogP) is -0.210. The van der Waals surface area contributed by atoms with Gasteiger partial charge in [0.05, 0.1) is 18.9 Å². The van der Waals surface area contributed by atoms with E-state index in [1.54, 1.807) is 18.7 Å². The van der Waals surface area contributed by atoms with Crippen LogP contribution in [0.15, 0.2) is 0 Å². The van der Waals surface area contributed by atoms with Crippen LogP contribution < -0.4 is 10.5 Å². The summed E-state index contributed by atoms with van der Waals surface area (Å²) in [6.45, 7) is 2.98. The van der Waals surface area contributed by atoms with E-state index < -0.39 is 0 Å². The number of aryl methyl sites for hydroxylation is 2. The molecule has 0 unspecified atom stereocenters. The molecule has 6 heteroatoms. The van der Waals surface area contributed by atoms with Crippen molar-refractivity contribution in [2.45, 2.75) is 13.0 Å². The lowest BCUT2D eigenvalue weighted by atomic mass is 10.2. The number of nitrogens with two attached hydrogens (primary N) is 1. The summed E-state index contributed by atoms with van der Waals surface area (Å²) < 4.78 is 12.3. The Kier molecular flexibility index (Phi) is 2.36. The quantitative estimate of drug-likeness (QED) is 0.534. The number of nitrogen functional groups attached to an aromatic ring is 1. The maximum atomic E-state index is 7.46. The van der Waals surface area contributed by atoms with Gasteiger partial charge in [0.25, 0.3) is 0 Å². The summed E-state index contributed by atoms with van der Waals surface area (Å²) in [6, 6.07) is 0. The minimum absolute atomic E-state index is 0.0177. The fourth-order valence-electron chi connectivity index (χ4n) is 1.52. The Morgan fingerprint density at radius 1 is 1.67 bits per heavy atom. The third-order valence-electron chi connectivity index (χ3n) is 2.32. The van der Waals surface area contributed by atoms with E-state index in [-0.39, 0.29) is 11.9 Å². The van der Waals surface area contributed by atoms with Gasteiger partial charge in [-0.1, -0.05) is 0 Å². The van der Waals surface area contributed by atoms with Gasteiger partial charge in [-0.25, -0.2) is 4.68 Å². The molecule has 0 radical (unpaired) electrons. The molecule has 2 heterocycles. The third-order valence-corrected chi connectivity index (χ3v) is 2.32. The van der Waals surface area contributed by atoms with E-state index in [9.17, 15) is 0 Å². The lowest BCUT2D eigenvalue weighted by Gasteiger charge is -2.26. The molecule has 15 heavy (non-hydrogen) atoms. The fourth-order valence-corrected chi connectivity index (χ4v) is 1.52. The molecule has 0 saturated carbocycles. The highest BCUT2D eigenvalue weighted by molar-refractivity contribution is 5.98. The van der Waals surface area contributed by atoms with Crippen LogP contribution in [-0.2, 0) is 11.8 Å². The van der Waals surface area contributed by atoms with Crippen molar-refractivity contribution < 1.29 is 9.47 Å². The Morgan fingerprint density at radius 2 is 2.33 bits per heavy atom. The van der Waals surface area contributed by atoms with Gasteiger partial charge in [-0.3, -0.25) is 5.41 Å². The monoisotopic (exact) mass is 210 g/mol. The van der Waals surface area contributed by atoms with Crippen molar-refractivity contribution in [2.75, 3.05) is 13.2 Å². The summed E-state index contributed by atoms with van der Waals surface area (Å²) in [6.07, 6.45) is 0.0536. The van der Waals surface area contributed by atoms with Crippen molar-refractivity contribution in [2.24, 2.45) is 12.8 Å². The van der Waals surface area contributed by atoms with E-state index >= 15 is 0 Å². The van der Waals surface area contributed by atoms with Gasteiger partial charge in [0.2, 0.25) is 5.88 Å². The highest BCUT2D eigenvalue weighted by Crippen LogP contribution is 2.23. The SMILES string of the molecule is Cc1nn(C)c(OC2COC2)c1C(=N)N. The van der Waals surface area contributed by atoms with Gasteiger partial charge in [0, 0.05) is 7.05 Å². The second-order valence-corrected chi connectivity index (χ2v) is 3.58.